The molecule has 1 unspecified atom stereocenters. The Morgan fingerprint density at radius 3 is 2.67 bits per heavy atom. The lowest BCUT2D eigenvalue weighted by Crippen LogP contribution is -2.33. The molecule has 1 aromatic carbocycles. The van der Waals surface area contributed by atoms with Gasteiger partial charge in [-0.2, -0.15) is 10.1 Å². The minimum absolute atomic E-state index is 0.0663. The van der Waals surface area contributed by atoms with Crippen LogP contribution in [0.25, 0.3) is 0 Å². The lowest BCUT2D eigenvalue weighted by molar-refractivity contribution is 0.600. The Morgan fingerprint density at radius 2 is 2.04 bits per heavy atom. The van der Waals surface area contributed by atoms with Crippen molar-refractivity contribution < 1.29 is 8.42 Å². The summed E-state index contributed by atoms with van der Waals surface area (Å²) in [5, 5.41) is 11.1. The maximum Gasteiger partial charge on any atom is 0.249 e. The van der Waals surface area contributed by atoms with Gasteiger partial charge < -0.3 is 10.2 Å². The summed E-state index contributed by atoms with van der Waals surface area (Å²) in [6, 6.07) is 7.98. The molecule has 0 spiro atoms. The zero-order chi connectivity index (χ0) is 17.2. The van der Waals surface area contributed by atoms with Crippen LogP contribution < -0.4 is 10.2 Å². The van der Waals surface area contributed by atoms with Crippen LogP contribution in [0.3, 0.4) is 0 Å². The van der Waals surface area contributed by atoms with Crippen LogP contribution in [0.5, 0.6) is 0 Å². The number of nitrogens with one attached hydrogen (secondary N) is 1. The molecule has 7 nitrogen and oxygen atoms in total. The van der Waals surface area contributed by atoms with Crippen molar-refractivity contribution in [3.05, 3.63) is 36.0 Å². The number of sulfone groups is 1. The van der Waals surface area contributed by atoms with Gasteiger partial charge in [-0.15, -0.1) is 5.10 Å². The highest BCUT2D eigenvalue weighted by atomic mass is 32.2. The van der Waals surface area contributed by atoms with Gasteiger partial charge in [0.05, 0.1) is 17.7 Å². The van der Waals surface area contributed by atoms with E-state index in [4.69, 9.17) is 0 Å². The van der Waals surface area contributed by atoms with Gasteiger partial charge in [-0.05, 0) is 30.5 Å². The summed E-state index contributed by atoms with van der Waals surface area (Å²) in [6.45, 7) is 2.11. The van der Waals surface area contributed by atoms with Gasteiger partial charge in [0.1, 0.15) is 0 Å². The third-order valence-corrected chi connectivity index (χ3v) is 6.03. The Bertz CT molecular complexity index is 807. The van der Waals surface area contributed by atoms with E-state index in [0.29, 0.717) is 18.2 Å². The number of hydrogen-bond donors (Lipinski definition) is 1. The molecule has 0 bridgehead atoms. The fourth-order valence-corrected chi connectivity index (χ4v) is 4.51. The summed E-state index contributed by atoms with van der Waals surface area (Å²) in [5.74, 6) is 1.40. The SMILES string of the molecule is CCc1ccc(Nc2nncc(N(C)C3CCS(=O)(=O)C3)n2)cc1. The van der Waals surface area contributed by atoms with E-state index in [1.807, 2.05) is 24.1 Å². The standard InChI is InChI=1S/C16H21N5O2S/c1-3-12-4-6-13(7-5-12)18-16-19-15(10-17-20-16)21(2)14-8-9-24(22,23)11-14/h4-7,10,14H,3,8-9,11H2,1-2H3,(H,18,19,20). The summed E-state index contributed by atoms with van der Waals surface area (Å²) in [6.07, 6.45) is 3.16. The number of anilines is 3. The van der Waals surface area contributed by atoms with Crippen LogP contribution in [0.2, 0.25) is 0 Å². The first-order valence-corrected chi connectivity index (χ1v) is 9.78. The fraction of sp³-hybridized carbons (Fsp3) is 0.438. The molecule has 1 N–H and O–H groups in total. The molecule has 0 radical (unpaired) electrons. The van der Waals surface area contributed by atoms with Crippen molar-refractivity contribution in [2.24, 2.45) is 0 Å². The molecular formula is C16H21N5O2S. The molecule has 8 heteroatoms. The van der Waals surface area contributed by atoms with Crippen LogP contribution in [0.15, 0.2) is 30.5 Å². The maximum absolute atomic E-state index is 11.6. The highest BCUT2D eigenvalue weighted by Crippen LogP contribution is 2.22. The van der Waals surface area contributed by atoms with Crippen molar-refractivity contribution in [3.8, 4) is 0 Å². The lowest BCUT2D eigenvalue weighted by atomic mass is 10.1. The first-order valence-electron chi connectivity index (χ1n) is 7.96. The van der Waals surface area contributed by atoms with Crippen LogP contribution >= 0.6 is 0 Å². The Hall–Kier alpha value is -2.22. The molecular weight excluding hydrogens is 326 g/mol. The third-order valence-electron chi connectivity index (χ3n) is 4.28. The second kappa shape index (κ2) is 6.72. The van der Waals surface area contributed by atoms with Crippen LogP contribution in [-0.2, 0) is 16.3 Å². The number of rotatable bonds is 5. The largest absolute Gasteiger partial charge is 0.354 e. The van der Waals surface area contributed by atoms with Gasteiger partial charge in [-0.1, -0.05) is 19.1 Å². The van der Waals surface area contributed by atoms with E-state index in [9.17, 15) is 8.42 Å². The van der Waals surface area contributed by atoms with Crippen molar-refractivity contribution in [3.63, 3.8) is 0 Å². The topological polar surface area (TPSA) is 88.1 Å². The van der Waals surface area contributed by atoms with E-state index < -0.39 is 9.84 Å². The molecule has 1 aromatic heterocycles. The number of aryl methyl sites for hydroxylation is 1. The van der Waals surface area contributed by atoms with Gasteiger partial charge in [-0.25, -0.2) is 8.42 Å². The van der Waals surface area contributed by atoms with E-state index in [1.165, 1.54) is 5.56 Å². The Kier molecular flexibility index (Phi) is 4.66. The molecule has 1 saturated heterocycles. The quantitative estimate of drug-likeness (QED) is 0.882. The van der Waals surface area contributed by atoms with Gasteiger partial charge in [0.15, 0.2) is 15.7 Å². The van der Waals surface area contributed by atoms with Crippen molar-refractivity contribution in [2.45, 2.75) is 25.8 Å². The second-order valence-corrected chi connectivity index (χ2v) is 8.21. The first-order chi connectivity index (χ1) is 11.5. The molecule has 3 rings (SSSR count). The average molecular weight is 347 g/mol. The molecule has 1 aliphatic rings. The molecule has 0 aliphatic carbocycles. The van der Waals surface area contributed by atoms with Crippen molar-refractivity contribution in [1.82, 2.24) is 15.2 Å². The number of aromatic nitrogens is 3. The fourth-order valence-electron chi connectivity index (χ4n) is 2.74. The van der Waals surface area contributed by atoms with Gasteiger partial charge in [0, 0.05) is 18.8 Å². The molecule has 0 amide bonds. The zero-order valence-corrected chi connectivity index (χ0v) is 14.6. The Morgan fingerprint density at radius 1 is 1.29 bits per heavy atom. The first kappa shape index (κ1) is 16.6. The molecule has 1 aliphatic heterocycles. The average Bonchev–Trinajstić information content (AvgIpc) is 2.95. The minimum atomic E-state index is -2.93. The number of hydrogen-bond acceptors (Lipinski definition) is 7. The smallest absolute Gasteiger partial charge is 0.249 e. The molecule has 24 heavy (non-hydrogen) atoms. The van der Waals surface area contributed by atoms with Gasteiger partial charge >= 0.3 is 0 Å². The zero-order valence-electron chi connectivity index (χ0n) is 13.8. The van der Waals surface area contributed by atoms with Crippen LogP contribution in [0.1, 0.15) is 18.9 Å². The summed E-state index contributed by atoms with van der Waals surface area (Å²) >= 11 is 0. The van der Waals surface area contributed by atoms with Crippen molar-refractivity contribution in [2.75, 3.05) is 28.8 Å². The van der Waals surface area contributed by atoms with E-state index in [0.717, 1.165) is 12.1 Å². The Balaban J connectivity index is 1.73. The molecule has 128 valence electrons. The van der Waals surface area contributed by atoms with Crippen LogP contribution in [0, 0.1) is 0 Å². The van der Waals surface area contributed by atoms with Crippen molar-refractivity contribution >= 4 is 27.3 Å². The van der Waals surface area contributed by atoms with Crippen molar-refractivity contribution in [1.29, 1.82) is 0 Å². The summed E-state index contributed by atoms with van der Waals surface area (Å²) in [7, 11) is -1.09. The molecule has 0 saturated carbocycles. The predicted octanol–water partition coefficient (Wildman–Crippen LogP) is 1.80. The molecule has 2 heterocycles. The van der Waals surface area contributed by atoms with Crippen LogP contribution in [0.4, 0.5) is 17.5 Å². The van der Waals surface area contributed by atoms with E-state index >= 15 is 0 Å². The third kappa shape index (κ3) is 3.81. The monoisotopic (exact) mass is 347 g/mol. The van der Waals surface area contributed by atoms with Crippen LogP contribution in [-0.4, -0.2) is 48.2 Å². The van der Waals surface area contributed by atoms with Gasteiger partial charge in [0.25, 0.3) is 0 Å². The van der Waals surface area contributed by atoms with E-state index in [-0.39, 0.29) is 17.5 Å². The maximum atomic E-state index is 11.6. The van der Waals surface area contributed by atoms with E-state index in [2.05, 4.69) is 39.6 Å². The lowest BCUT2D eigenvalue weighted by Gasteiger charge is -2.24. The molecule has 1 atom stereocenters. The van der Waals surface area contributed by atoms with Gasteiger partial charge in [-0.3, -0.25) is 0 Å². The van der Waals surface area contributed by atoms with E-state index in [1.54, 1.807) is 6.20 Å². The van der Waals surface area contributed by atoms with Gasteiger partial charge in [0.2, 0.25) is 5.95 Å². The Labute approximate surface area is 142 Å². The number of benzene rings is 1. The summed E-state index contributed by atoms with van der Waals surface area (Å²) in [4.78, 5) is 6.31. The predicted molar refractivity (Wildman–Crippen MR) is 94.4 cm³/mol. The highest BCUT2D eigenvalue weighted by Gasteiger charge is 2.31. The summed E-state index contributed by atoms with van der Waals surface area (Å²) in [5.41, 5.74) is 2.15. The second-order valence-electron chi connectivity index (χ2n) is 5.98. The normalized spacial score (nSPS) is 19.2. The number of nitrogens with zero attached hydrogens (tertiary/aromatic N) is 4. The molecule has 1 fully saturated rings. The minimum Gasteiger partial charge on any atom is -0.354 e. The molecule has 2 aromatic rings. The highest BCUT2D eigenvalue weighted by molar-refractivity contribution is 7.91. The summed E-state index contributed by atoms with van der Waals surface area (Å²) < 4.78 is 23.3.